The van der Waals surface area contributed by atoms with E-state index < -0.39 is 0 Å². The summed E-state index contributed by atoms with van der Waals surface area (Å²) in [6, 6.07) is 0. The molecule has 1 aliphatic carbocycles. The monoisotopic (exact) mass is 434 g/mol. The minimum Gasteiger partial charge on any atom is -0.381 e. The largest absolute Gasteiger partial charge is 0.381 e. The van der Waals surface area contributed by atoms with Crippen molar-refractivity contribution in [2.45, 2.75) is 135 Å². The zero-order valence-corrected chi connectivity index (χ0v) is 24.3. The summed E-state index contributed by atoms with van der Waals surface area (Å²) in [5.74, 6) is 3.73. The van der Waals surface area contributed by atoms with Crippen molar-refractivity contribution < 1.29 is 4.74 Å². The first kappa shape index (κ1) is 40.3. The van der Waals surface area contributed by atoms with Crippen molar-refractivity contribution >= 4 is 0 Å². The second kappa shape index (κ2) is 39.4. The van der Waals surface area contributed by atoms with E-state index in [4.69, 9.17) is 4.74 Å². The molecule has 3 aliphatic rings. The molecule has 1 saturated carbocycles. The Balaban J connectivity index is -0.0000000823. The molecule has 0 aromatic rings. The third kappa shape index (κ3) is 70.7. The zero-order valence-electron chi connectivity index (χ0n) is 24.3. The van der Waals surface area contributed by atoms with Gasteiger partial charge in [0.25, 0.3) is 0 Å². The molecule has 0 atom stereocenters. The lowest BCUT2D eigenvalue weighted by atomic mass is 10.1. The van der Waals surface area contributed by atoms with Gasteiger partial charge in [0, 0.05) is 13.2 Å². The standard InChI is InChI=1S/C6H12.C4H9N.C4H8O.2C4H10.3C2H6/c1-5(2)6-3-4-6;2*1-2-4-5-3-1;2*1-4(2)3;3*1-2/h5-6H,3-4H2,1-2H3;5H,1-4H2;1-4H2;2*4H,1-3H3;3*1-2H3. The summed E-state index contributed by atoms with van der Waals surface area (Å²) in [4.78, 5) is 0. The highest BCUT2D eigenvalue weighted by atomic mass is 16.5. The van der Waals surface area contributed by atoms with Crippen LogP contribution in [0.15, 0.2) is 0 Å². The molecule has 190 valence electrons. The summed E-state index contributed by atoms with van der Waals surface area (Å²) in [6.45, 7) is 34.1. The highest BCUT2D eigenvalue weighted by Gasteiger charge is 2.23. The van der Waals surface area contributed by atoms with Crippen molar-refractivity contribution in [3.63, 3.8) is 0 Å². The van der Waals surface area contributed by atoms with Crippen LogP contribution in [0.1, 0.15) is 135 Å². The Hall–Kier alpha value is -0.0800. The van der Waals surface area contributed by atoms with Crippen molar-refractivity contribution in [1.29, 1.82) is 0 Å². The van der Waals surface area contributed by atoms with Crippen molar-refractivity contribution in [2.75, 3.05) is 26.3 Å². The van der Waals surface area contributed by atoms with Crippen molar-refractivity contribution in [1.82, 2.24) is 5.32 Å². The van der Waals surface area contributed by atoms with Crippen molar-refractivity contribution in [2.24, 2.45) is 23.7 Å². The van der Waals surface area contributed by atoms with E-state index in [1.807, 2.05) is 41.5 Å². The van der Waals surface area contributed by atoms with Crippen LogP contribution in [0, 0.1) is 23.7 Å². The van der Waals surface area contributed by atoms with E-state index in [1.165, 1.54) is 51.6 Å². The maximum atomic E-state index is 4.94. The SMILES string of the molecule is C1CCNC1.C1CCOC1.CC.CC.CC.CC(C)C.CC(C)C.CC(C)C1CC1. The quantitative estimate of drug-likeness (QED) is 0.444. The smallest absolute Gasteiger partial charge is 0.0466 e. The van der Waals surface area contributed by atoms with Crippen LogP contribution in [0.3, 0.4) is 0 Å². The van der Waals surface area contributed by atoms with Gasteiger partial charge in [-0.15, -0.1) is 0 Å². The fourth-order valence-corrected chi connectivity index (χ4v) is 1.90. The molecule has 0 spiro atoms. The first-order chi connectivity index (χ1) is 14.3. The Morgan fingerprint density at radius 3 is 0.933 bits per heavy atom. The summed E-state index contributed by atoms with van der Waals surface area (Å²) in [6.07, 6.45) is 8.33. The molecule has 2 aliphatic heterocycles. The van der Waals surface area contributed by atoms with E-state index in [0.717, 1.165) is 36.9 Å². The minimum absolute atomic E-state index is 0.833. The Labute approximate surface area is 195 Å². The fraction of sp³-hybridized carbons (Fsp3) is 1.00. The molecule has 0 aromatic carbocycles. The molecule has 2 heteroatoms. The number of rotatable bonds is 1. The van der Waals surface area contributed by atoms with Crippen LogP contribution in [0.5, 0.6) is 0 Å². The van der Waals surface area contributed by atoms with E-state index in [2.05, 4.69) is 60.7 Å². The Morgan fingerprint density at radius 2 is 0.867 bits per heavy atom. The number of nitrogens with one attached hydrogen (secondary N) is 1. The number of hydrogen-bond donors (Lipinski definition) is 1. The second-order valence-electron chi connectivity index (χ2n) is 8.82. The fourth-order valence-electron chi connectivity index (χ4n) is 1.90. The average Bonchev–Trinajstić information content (AvgIpc) is 3.16. The van der Waals surface area contributed by atoms with Gasteiger partial charge >= 0.3 is 0 Å². The maximum Gasteiger partial charge on any atom is 0.0466 e. The van der Waals surface area contributed by atoms with Gasteiger partial charge in [-0.1, -0.05) is 96.9 Å². The summed E-state index contributed by atoms with van der Waals surface area (Å²) >= 11 is 0. The molecular formula is C28H67NO. The molecule has 2 saturated heterocycles. The Morgan fingerprint density at radius 1 is 0.567 bits per heavy atom. The van der Waals surface area contributed by atoms with Gasteiger partial charge in [0.15, 0.2) is 0 Å². The molecular weight excluding hydrogens is 366 g/mol. The lowest BCUT2D eigenvalue weighted by Crippen LogP contribution is -2.03. The summed E-state index contributed by atoms with van der Waals surface area (Å²) in [7, 11) is 0. The van der Waals surface area contributed by atoms with E-state index >= 15 is 0 Å². The number of hydrogen-bond acceptors (Lipinski definition) is 2. The molecule has 3 rings (SSSR count). The Bertz CT molecular complexity index is 178. The average molecular weight is 434 g/mol. The maximum absolute atomic E-state index is 4.94. The van der Waals surface area contributed by atoms with Crippen LogP contribution in [-0.2, 0) is 4.74 Å². The molecule has 2 nitrogen and oxygen atoms in total. The predicted octanol–water partition coefficient (Wildman–Crippen LogP) is 9.62. The van der Waals surface area contributed by atoms with Crippen LogP contribution in [0.25, 0.3) is 0 Å². The lowest BCUT2D eigenvalue weighted by molar-refractivity contribution is 0.198. The predicted molar refractivity (Wildman–Crippen MR) is 145 cm³/mol. The highest BCUT2D eigenvalue weighted by Crippen LogP contribution is 2.35. The molecule has 0 amide bonds. The van der Waals surface area contributed by atoms with E-state index in [1.54, 1.807) is 0 Å². The third-order valence-corrected chi connectivity index (χ3v) is 3.35. The summed E-state index contributed by atoms with van der Waals surface area (Å²) in [5, 5.41) is 3.22. The molecule has 3 fully saturated rings. The summed E-state index contributed by atoms with van der Waals surface area (Å²) in [5.41, 5.74) is 0. The Kier molecular flexibility index (Phi) is 52.9. The molecule has 0 unspecified atom stereocenters. The van der Waals surface area contributed by atoms with Gasteiger partial charge < -0.3 is 10.1 Å². The van der Waals surface area contributed by atoms with Gasteiger partial charge in [-0.05, 0) is 75.3 Å². The molecule has 1 N–H and O–H groups in total. The van der Waals surface area contributed by atoms with Gasteiger partial charge in [0.2, 0.25) is 0 Å². The van der Waals surface area contributed by atoms with E-state index in [0.29, 0.717) is 0 Å². The van der Waals surface area contributed by atoms with Crippen LogP contribution < -0.4 is 5.32 Å². The van der Waals surface area contributed by atoms with Gasteiger partial charge in [0.05, 0.1) is 0 Å². The van der Waals surface area contributed by atoms with Crippen molar-refractivity contribution in [3.8, 4) is 0 Å². The normalized spacial score (nSPS) is 15.5. The number of ether oxygens (including phenoxy) is 1. The molecule has 0 radical (unpaired) electrons. The summed E-state index contributed by atoms with van der Waals surface area (Å²) < 4.78 is 4.94. The minimum atomic E-state index is 0.833. The second-order valence-corrected chi connectivity index (χ2v) is 8.82. The molecule has 30 heavy (non-hydrogen) atoms. The van der Waals surface area contributed by atoms with Crippen molar-refractivity contribution in [3.05, 3.63) is 0 Å². The van der Waals surface area contributed by atoms with Crippen LogP contribution in [0.4, 0.5) is 0 Å². The molecule has 0 aromatic heterocycles. The first-order valence-corrected chi connectivity index (χ1v) is 13.6. The van der Waals surface area contributed by atoms with Gasteiger partial charge in [-0.3, -0.25) is 0 Å². The first-order valence-electron chi connectivity index (χ1n) is 13.6. The molecule has 2 heterocycles. The van der Waals surface area contributed by atoms with Crippen LogP contribution >= 0.6 is 0 Å². The third-order valence-electron chi connectivity index (χ3n) is 3.35. The van der Waals surface area contributed by atoms with Gasteiger partial charge in [-0.25, -0.2) is 0 Å². The lowest BCUT2D eigenvalue weighted by Gasteiger charge is -1.94. The van der Waals surface area contributed by atoms with Crippen LogP contribution in [-0.4, -0.2) is 26.3 Å². The van der Waals surface area contributed by atoms with Crippen LogP contribution in [0.2, 0.25) is 0 Å². The topological polar surface area (TPSA) is 21.3 Å². The van der Waals surface area contributed by atoms with E-state index in [9.17, 15) is 0 Å². The van der Waals surface area contributed by atoms with Gasteiger partial charge in [-0.2, -0.15) is 0 Å². The zero-order chi connectivity index (χ0) is 24.8. The van der Waals surface area contributed by atoms with Gasteiger partial charge in [0.1, 0.15) is 0 Å². The molecule has 0 bridgehead atoms. The van der Waals surface area contributed by atoms with E-state index in [-0.39, 0.29) is 0 Å². The highest BCUT2D eigenvalue weighted by molar-refractivity contribution is 4.75.